The van der Waals surface area contributed by atoms with E-state index >= 15 is 0 Å². The van der Waals surface area contributed by atoms with Gasteiger partial charge >= 0.3 is 0 Å². The summed E-state index contributed by atoms with van der Waals surface area (Å²) in [6, 6.07) is 5.45. The molecule has 0 aliphatic rings. The normalized spacial score (nSPS) is 8.79. The highest BCUT2D eigenvalue weighted by Crippen LogP contribution is 2.20. The van der Waals surface area contributed by atoms with E-state index in [2.05, 4.69) is 27.8 Å². The summed E-state index contributed by atoms with van der Waals surface area (Å²) < 4.78 is 5.43. The molecule has 0 saturated heterocycles. The highest BCUT2D eigenvalue weighted by Gasteiger charge is 2.04. The maximum atomic E-state index is 5.43. The summed E-state index contributed by atoms with van der Waals surface area (Å²) >= 11 is 3.27. The zero-order chi connectivity index (χ0) is 10.4. The molecule has 0 saturated carbocycles. The third kappa shape index (κ3) is 2.31. The molecule has 1 nitrogen and oxygen atoms in total. The van der Waals surface area contributed by atoms with E-state index in [4.69, 9.17) is 17.6 Å². The first-order valence-corrected chi connectivity index (χ1v) is 5.20. The molecule has 0 aromatic heterocycles. The van der Waals surface area contributed by atoms with Gasteiger partial charge in [-0.3, -0.25) is 0 Å². The summed E-state index contributed by atoms with van der Waals surface area (Å²) in [6.45, 7) is 0.572. The second-order valence-electron chi connectivity index (χ2n) is 2.50. The summed E-state index contributed by atoms with van der Waals surface area (Å²) in [5.41, 5.74) is 1.34. The molecule has 0 aliphatic carbocycles. The predicted molar refractivity (Wildman–Crippen MR) is 61.6 cm³/mol. The Morgan fingerprint density at radius 3 is 2.64 bits per heavy atom. The van der Waals surface area contributed by atoms with Gasteiger partial charge in [-0.15, -0.1) is 12.8 Å². The summed E-state index contributed by atoms with van der Waals surface area (Å²) in [7, 11) is 0. The molecule has 0 radical (unpaired) electrons. The molecule has 1 rings (SSSR count). The third-order valence-electron chi connectivity index (χ3n) is 1.66. The van der Waals surface area contributed by atoms with Gasteiger partial charge in [-0.25, -0.2) is 0 Å². The largest absolute Gasteiger partial charge is 0.491 e. The molecule has 1 aromatic rings. The van der Waals surface area contributed by atoms with Crippen LogP contribution in [-0.4, -0.2) is 11.9 Å². The second-order valence-corrected chi connectivity index (χ2v) is 3.30. The van der Waals surface area contributed by atoms with Gasteiger partial charge in [0.25, 0.3) is 0 Å². The molecule has 0 spiro atoms. The highest BCUT2D eigenvalue weighted by molar-refractivity contribution is 9.09. The van der Waals surface area contributed by atoms with E-state index in [0.717, 1.165) is 5.33 Å². The van der Waals surface area contributed by atoms with Gasteiger partial charge in [-0.1, -0.05) is 33.8 Å². The molecule has 2 heteroatoms. The van der Waals surface area contributed by atoms with Crippen molar-refractivity contribution in [1.29, 1.82) is 0 Å². The summed E-state index contributed by atoms with van der Waals surface area (Å²) in [4.78, 5) is 0. The maximum absolute atomic E-state index is 5.43. The van der Waals surface area contributed by atoms with Crippen LogP contribution in [0, 0.1) is 24.7 Å². The first-order valence-electron chi connectivity index (χ1n) is 4.08. The van der Waals surface area contributed by atoms with Gasteiger partial charge in [0.15, 0.2) is 0 Å². The van der Waals surface area contributed by atoms with E-state index in [1.807, 2.05) is 12.1 Å². The van der Waals surface area contributed by atoms with E-state index in [9.17, 15) is 0 Å². The topological polar surface area (TPSA) is 9.23 Å². The van der Waals surface area contributed by atoms with Crippen LogP contribution in [0.25, 0.3) is 0 Å². The van der Waals surface area contributed by atoms with Crippen molar-refractivity contribution in [3.8, 4) is 30.4 Å². The lowest BCUT2D eigenvalue weighted by Gasteiger charge is -2.07. The van der Waals surface area contributed by atoms with Gasteiger partial charge in [-0.05, 0) is 12.1 Å². The molecular formula is C12H9BrO. The zero-order valence-corrected chi connectivity index (χ0v) is 9.17. The smallest absolute Gasteiger partial charge is 0.136 e. The molecule has 1 aromatic carbocycles. The monoisotopic (exact) mass is 248 g/mol. The van der Waals surface area contributed by atoms with Gasteiger partial charge < -0.3 is 4.74 Å². The van der Waals surface area contributed by atoms with Crippen molar-refractivity contribution in [2.75, 3.05) is 11.9 Å². The van der Waals surface area contributed by atoms with E-state index in [1.165, 1.54) is 0 Å². The number of rotatable bonds is 3. The summed E-state index contributed by atoms with van der Waals surface area (Å²) in [5, 5.41) is 0.761. The molecule has 0 fully saturated rings. The quantitative estimate of drug-likeness (QED) is 0.590. The molecular weight excluding hydrogens is 240 g/mol. The number of ether oxygens (including phenoxy) is 1. The van der Waals surface area contributed by atoms with E-state index in [-0.39, 0.29) is 0 Å². The first-order chi connectivity index (χ1) is 6.83. The Balaban J connectivity index is 3.06. The van der Waals surface area contributed by atoms with Crippen LogP contribution in [0.3, 0.4) is 0 Å². The standard InChI is InChI=1S/C12H9BrO/c1-3-10-6-5-7-12(11(10)4-2)14-9-8-13/h1-2,5-7H,8-9H2. The number of hydrogen-bond donors (Lipinski definition) is 0. The Bertz CT molecular complexity index is 396. The van der Waals surface area contributed by atoms with Gasteiger partial charge in [0.1, 0.15) is 5.75 Å². The molecule has 0 amide bonds. The minimum Gasteiger partial charge on any atom is -0.491 e. The van der Waals surface area contributed by atoms with Crippen LogP contribution >= 0.6 is 15.9 Å². The van der Waals surface area contributed by atoms with Crippen LogP contribution in [0.5, 0.6) is 5.75 Å². The summed E-state index contributed by atoms with van der Waals surface area (Å²) in [5.74, 6) is 5.74. The maximum Gasteiger partial charge on any atom is 0.136 e. The average Bonchev–Trinajstić information content (AvgIpc) is 2.25. The molecule has 0 aliphatic heterocycles. The predicted octanol–water partition coefficient (Wildman–Crippen LogP) is 2.42. The summed E-state index contributed by atoms with van der Waals surface area (Å²) in [6.07, 6.45) is 10.7. The fourth-order valence-electron chi connectivity index (χ4n) is 1.07. The Hall–Kier alpha value is -1.38. The molecule has 0 bridgehead atoms. The molecule has 70 valence electrons. The first kappa shape index (κ1) is 10.7. The average molecular weight is 249 g/mol. The van der Waals surface area contributed by atoms with Gasteiger partial charge in [-0.2, -0.15) is 0 Å². The Morgan fingerprint density at radius 2 is 2.07 bits per heavy atom. The van der Waals surface area contributed by atoms with Crippen molar-refractivity contribution in [1.82, 2.24) is 0 Å². The lowest BCUT2D eigenvalue weighted by molar-refractivity contribution is 0.344. The SMILES string of the molecule is C#Cc1cccc(OCCBr)c1C#C. The molecule has 0 heterocycles. The number of hydrogen-bond acceptors (Lipinski definition) is 1. The number of alkyl halides is 1. The minimum atomic E-state index is 0.572. The van der Waals surface area contributed by atoms with Crippen molar-refractivity contribution < 1.29 is 4.74 Å². The van der Waals surface area contributed by atoms with E-state index in [1.54, 1.807) is 6.07 Å². The van der Waals surface area contributed by atoms with Crippen molar-refractivity contribution in [3.63, 3.8) is 0 Å². The van der Waals surface area contributed by atoms with Gasteiger partial charge in [0.05, 0.1) is 12.2 Å². The van der Waals surface area contributed by atoms with E-state index in [0.29, 0.717) is 23.5 Å². The van der Waals surface area contributed by atoms with Crippen LogP contribution in [0.1, 0.15) is 11.1 Å². The Kier molecular flexibility index (Phi) is 4.11. The highest BCUT2D eigenvalue weighted by atomic mass is 79.9. The van der Waals surface area contributed by atoms with Crippen molar-refractivity contribution in [2.45, 2.75) is 0 Å². The number of benzene rings is 1. The number of halogens is 1. The lowest BCUT2D eigenvalue weighted by atomic mass is 10.1. The van der Waals surface area contributed by atoms with Gasteiger partial charge in [0.2, 0.25) is 0 Å². The van der Waals surface area contributed by atoms with Gasteiger partial charge in [0, 0.05) is 10.9 Å². The van der Waals surface area contributed by atoms with Crippen LogP contribution in [0.15, 0.2) is 18.2 Å². The van der Waals surface area contributed by atoms with Crippen LogP contribution in [0.4, 0.5) is 0 Å². The van der Waals surface area contributed by atoms with Crippen molar-refractivity contribution in [2.24, 2.45) is 0 Å². The molecule has 0 atom stereocenters. The number of terminal acetylenes is 2. The van der Waals surface area contributed by atoms with Crippen LogP contribution in [0.2, 0.25) is 0 Å². The Labute approximate surface area is 92.6 Å². The van der Waals surface area contributed by atoms with Crippen LogP contribution < -0.4 is 4.74 Å². The zero-order valence-electron chi connectivity index (χ0n) is 7.59. The second kappa shape index (κ2) is 5.37. The van der Waals surface area contributed by atoms with Crippen LogP contribution in [-0.2, 0) is 0 Å². The fraction of sp³-hybridized carbons (Fsp3) is 0.167. The fourth-order valence-corrected chi connectivity index (χ4v) is 1.23. The third-order valence-corrected chi connectivity index (χ3v) is 1.98. The Morgan fingerprint density at radius 1 is 1.29 bits per heavy atom. The molecule has 0 N–H and O–H groups in total. The van der Waals surface area contributed by atoms with Crippen molar-refractivity contribution in [3.05, 3.63) is 29.3 Å². The molecule has 0 unspecified atom stereocenters. The lowest BCUT2D eigenvalue weighted by Crippen LogP contribution is -2.00. The van der Waals surface area contributed by atoms with Crippen molar-refractivity contribution >= 4 is 15.9 Å². The minimum absolute atomic E-state index is 0.572. The molecule has 14 heavy (non-hydrogen) atoms. The van der Waals surface area contributed by atoms with E-state index < -0.39 is 0 Å².